The molecule has 1 aromatic heterocycles. The Labute approximate surface area is 121 Å². The van der Waals surface area contributed by atoms with Gasteiger partial charge in [-0.15, -0.1) is 0 Å². The summed E-state index contributed by atoms with van der Waals surface area (Å²) < 4.78 is 5.11. The summed E-state index contributed by atoms with van der Waals surface area (Å²) in [6.45, 7) is 0.609. The lowest BCUT2D eigenvalue weighted by atomic mass is 10.1. The molecule has 0 saturated carbocycles. The Hall–Kier alpha value is -1.63. The van der Waals surface area contributed by atoms with E-state index in [0.717, 1.165) is 39.7 Å². The number of fused-ring (bicyclic) bond motifs is 1. The number of benzene rings is 1. The fourth-order valence-corrected chi connectivity index (χ4v) is 3.26. The monoisotopic (exact) mass is 288 g/mol. The zero-order valence-corrected chi connectivity index (χ0v) is 12.0. The molecule has 0 spiro atoms. The van der Waals surface area contributed by atoms with Crippen molar-refractivity contribution < 1.29 is 4.74 Å². The van der Waals surface area contributed by atoms with Gasteiger partial charge in [0.2, 0.25) is 0 Å². The van der Waals surface area contributed by atoms with E-state index in [1.807, 2.05) is 36.0 Å². The number of nitrogens with zero attached hydrogens (tertiary/aromatic N) is 2. The lowest BCUT2D eigenvalue weighted by Gasteiger charge is -2.09. The molecule has 1 aromatic carbocycles. The number of hydrazine groups is 1. The van der Waals surface area contributed by atoms with Crippen molar-refractivity contribution in [2.75, 3.05) is 12.5 Å². The molecule has 0 atom stereocenters. The second-order valence-corrected chi connectivity index (χ2v) is 5.57. The van der Waals surface area contributed by atoms with E-state index in [-0.39, 0.29) is 0 Å². The Morgan fingerprint density at radius 3 is 2.75 bits per heavy atom. The zero-order valence-electron chi connectivity index (χ0n) is 11.2. The van der Waals surface area contributed by atoms with Crippen LogP contribution in [0.25, 0.3) is 11.4 Å². The molecule has 1 aliphatic heterocycles. The lowest BCUT2D eigenvalue weighted by molar-refractivity contribution is 0.185. The summed E-state index contributed by atoms with van der Waals surface area (Å²) in [7, 11) is 1.69. The van der Waals surface area contributed by atoms with Gasteiger partial charge in [0.25, 0.3) is 0 Å². The highest BCUT2D eigenvalue weighted by Crippen LogP contribution is 2.34. The van der Waals surface area contributed by atoms with Crippen LogP contribution in [0, 0.1) is 0 Å². The fourth-order valence-electron chi connectivity index (χ4n) is 2.22. The molecule has 0 bridgehead atoms. The normalized spacial score (nSPS) is 13.3. The van der Waals surface area contributed by atoms with Crippen LogP contribution in [0.1, 0.15) is 16.8 Å². The number of ether oxygens (including phenoxy) is 1. The largest absolute Gasteiger partial charge is 0.380 e. The van der Waals surface area contributed by atoms with Crippen molar-refractivity contribution in [2.45, 2.75) is 18.1 Å². The van der Waals surface area contributed by atoms with Crippen LogP contribution in [0.2, 0.25) is 0 Å². The summed E-state index contributed by atoms with van der Waals surface area (Å²) >= 11 is 1.83. The second kappa shape index (κ2) is 5.78. The molecule has 6 heteroatoms. The van der Waals surface area contributed by atoms with Gasteiger partial charge < -0.3 is 10.2 Å². The predicted molar refractivity (Wildman–Crippen MR) is 81.0 cm³/mol. The van der Waals surface area contributed by atoms with Gasteiger partial charge in [-0.25, -0.2) is 15.8 Å². The number of nitrogens with one attached hydrogen (secondary N) is 1. The maximum Gasteiger partial charge on any atom is 0.161 e. The molecule has 20 heavy (non-hydrogen) atoms. The molecule has 2 aromatic rings. The molecule has 0 radical (unpaired) electrons. The standard InChI is InChI=1S/C14H16N4OS/c1-19-6-9-2-4-10(5-3-9)13-16-12-8-20-7-11(12)14(17-13)18-15/h2-5H,6-8,15H2,1H3,(H,16,17,18). The fraction of sp³-hybridized carbons (Fsp3) is 0.286. The van der Waals surface area contributed by atoms with Crippen LogP contribution in [-0.2, 0) is 22.8 Å². The van der Waals surface area contributed by atoms with Crippen LogP contribution in [0.4, 0.5) is 5.82 Å². The summed E-state index contributed by atoms with van der Waals surface area (Å²) in [5.74, 6) is 8.85. The molecule has 0 fully saturated rings. The van der Waals surface area contributed by atoms with E-state index in [0.29, 0.717) is 12.4 Å². The maximum absolute atomic E-state index is 5.57. The van der Waals surface area contributed by atoms with Crippen LogP contribution in [0.5, 0.6) is 0 Å². The Morgan fingerprint density at radius 1 is 1.25 bits per heavy atom. The summed E-state index contributed by atoms with van der Waals surface area (Å²) in [4.78, 5) is 9.17. The molecule has 0 saturated heterocycles. The maximum atomic E-state index is 5.57. The van der Waals surface area contributed by atoms with Crippen molar-refractivity contribution in [1.29, 1.82) is 0 Å². The van der Waals surface area contributed by atoms with Crippen LogP contribution in [0.3, 0.4) is 0 Å². The average molecular weight is 288 g/mol. The molecule has 0 unspecified atom stereocenters. The van der Waals surface area contributed by atoms with Gasteiger partial charge in [0, 0.05) is 29.7 Å². The van der Waals surface area contributed by atoms with E-state index >= 15 is 0 Å². The van der Waals surface area contributed by atoms with Gasteiger partial charge in [0.15, 0.2) is 5.82 Å². The molecule has 5 nitrogen and oxygen atoms in total. The molecular formula is C14H16N4OS. The molecule has 3 rings (SSSR count). The van der Waals surface area contributed by atoms with E-state index < -0.39 is 0 Å². The van der Waals surface area contributed by atoms with Gasteiger partial charge in [-0.2, -0.15) is 11.8 Å². The summed E-state index contributed by atoms with van der Waals surface area (Å²) in [6, 6.07) is 8.08. The summed E-state index contributed by atoms with van der Waals surface area (Å²) in [6.07, 6.45) is 0. The first-order valence-electron chi connectivity index (χ1n) is 6.34. The average Bonchev–Trinajstić information content (AvgIpc) is 2.95. The Morgan fingerprint density at radius 2 is 2.05 bits per heavy atom. The van der Waals surface area contributed by atoms with Gasteiger partial charge in [-0.3, -0.25) is 0 Å². The lowest BCUT2D eigenvalue weighted by Crippen LogP contribution is -2.12. The number of hydrogen-bond acceptors (Lipinski definition) is 6. The molecule has 3 N–H and O–H groups in total. The van der Waals surface area contributed by atoms with Crippen molar-refractivity contribution in [2.24, 2.45) is 5.84 Å². The highest BCUT2D eigenvalue weighted by atomic mass is 32.2. The van der Waals surface area contributed by atoms with Crippen LogP contribution in [0.15, 0.2) is 24.3 Å². The van der Waals surface area contributed by atoms with Crippen molar-refractivity contribution in [3.8, 4) is 11.4 Å². The highest BCUT2D eigenvalue weighted by molar-refractivity contribution is 7.98. The Kier molecular flexibility index (Phi) is 3.86. The first-order valence-corrected chi connectivity index (χ1v) is 7.49. The minimum atomic E-state index is 0.609. The van der Waals surface area contributed by atoms with Gasteiger partial charge in [-0.05, 0) is 5.56 Å². The van der Waals surface area contributed by atoms with Gasteiger partial charge in [0.1, 0.15) is 5.82 Å². The van der Waals surface area contributed by atoms with Crippen molar-refractivity contribution in [1.82, 2.24) is 9.97 Å². The third-order valence-corrected chi connectivity index (χ3v) is 4.21. The second-order valence-electron chi connectivity index (χ2n) is 4.59. The number of hydrogen-bond donors (Lipinski definition) is 2. The number of rotatable bonds is 4. The van der Waals surface area contributed by atoms with E-state index in [1.54, 1.807) is 7.11 Å². The van der Waals surface area contributed by atoms with E-state index in [1.165, 1.54) is 0 Å². The van der Waals surface area contributed by atoms with Crippen molar-refractivity contribution in [3.63, 3.8) is 0 Å². The number of anilines is 1. The number of nitrogen functional groups attached to an aromatic ring is 1. The molecule has 1 aliphatic rings. The number of aromatic nitrogens is 2. The highest BCUT2D eigenvalue weighted by Gasteiger charge is 2.19. The van der Waals surface area contributed by atoms with Gasteiger partial charge in [0.05, 0.1) is 12.3 Å². The SMILES string of the molecule is COCc1ccc(-c2nc3c(c(NN)n2)CSC3)cc1. The molecule has 104 valence electrons. The smallest absolute Gasteiger partial charge is 0.161 e. The minimum Gasteiger partial charge on any atom is -0.380 e. The molecular weight excluding hydrogens is 272 g/mol. The first-order chi connectivity index (χ1) is 9.81. The van der Waals surface area contributed by atoms with Crippen molar-refractivity contribution in [3.05, 3.63) is 41.1 Å². The minimum absolute atomic E-state index is 0.609. The van der Waals surface area contributed by atoms with Gasteiger partial charge in [-0.1, -0.05) is 24.3 Å². The topological polar surface area (TPSA) is 73.1 Å². The summed E-state index contributed by atoms with van der Waals surface area (Å²) in [5.41, 5.74) is 7.00. The van der Waals surface area contributed by atoms with Crippen molar-refractivity contribution >= 4 is 17.6 Å². The number of methoxy groups -OCH3 is 1. The van der Waals surface area contributed by atoms with E-state index in [4.69, 9.17) is 10.6 Å². The zero-order chi connectivity index (χ0) is 13.9. The Bertz CT molecular complexity index is 615. The van der Waals surface area contributed by atoms with Gasteiger partial charge >= 0.3 is 0 Å². The van der Waals surface area contributed by atoms with Crippen LogP contribution in [-0.4, -0.2) is 17.1 Å². The third kappa shape index (κ3) is 2.49. The van der Waals surface area contributed by atoms with Crippen LogP contribution >= 0.6 is 11.8 Å². The first kappa shape index (κ1) is 13.4. The summed E-state index contributed by atoms with van der Waals surface area (Å²) in [5, 5.41) is 0. The third-order valence-electron chi connectivity index (χ3n) is 3.24. The van der Waals surface area contributed by atoms with E-state index in [9.17, 15) is 0 Å². The van der Waals surface area contributed by atoms with Crippen LogP contribution < -0.4 is 11.3 Å². The molecule has 0 amide bonds. The number of nitrogens with two attached hydrogens (primary N) is 1. The predicted octanol–water partition coefficient (Wildman–Crippen LogP) is 2.32. The Balaban J connectivity index is 1.97. The molecule has 0 aliphatic carbocycles. The molecule has 2 heterocycles. The number of thioether (sulfide) groups is 1. The quantitative estimate of drug-likeness (QED) is 0.664. The van der Waals surface area contributed by atoms with E-state index in [2.05, 4.69) is 15.4 Å².